The Kier molecular flexibility index (Phi) is 4.22. The fraction of sp³-hybridized carbons (Fsp3) is 0.438. The molecule has 0 saturated carbocycles. The smallest absolute Gasteiger partial charge is 0.240 e. The molecule has 3 N–H and O–H groups in total. The van der Waals surface area contributed by atoms with Crippen LogP contribution in [0.4, 0.5) is 0 Å². The fourth-order valence-corrected chi connectivity index (χ4v) is 2.89. The molecule has 1 aromatic heterocycles. The first-order chi connectivity index (χ1) is 10.3. The standard InChI is InChI=1S/C16H21N3O2/c17-9-12-10-19(15-4-2-1-3-14(12)15)11-16(20)18-13-5-7-21-8-6-13/h1-4,10,13H,5-9,11,17H2,(H,18,20). The summed E-state index contributed by atoms with van der Waals surface area (Å²) >= 11 is 0. The Morgan fingerprint density at radius 2 is 2.10 bits per heavy atom. The van der Waals surface area contributed by atoms with Crippen LogP contribution < -0.4 is 11.1 Å². The number of para-hydroxylation sites is 1. The van der Waals surface area contributed by atoms with E-state index < -0.39 is 0 Å². The van der Waals surface area contributed by atoms with Gasteiger partial charge in [0.15, 0.2) is 0 Å². The summed E-state index contributed by atoms with van der Waals surface area (Å²) < 4.78 is 7.28. The topological polar surface area (TPSA) is 69.3 Å². The molecule has 2 aromatic rings. The van der Waals surface area contributed by atoms with Crippen molar-refractivity contribution in [1.82, 2.24) is 9.88 Å². The molecule has 1 aliphatic rings. The van der Waals surface area contributed by atoms with Crippen molar-refractivity contribution in [1.29, 1.82) is 0 Å². The number of nitrogens with two attached hydrogens (primary N) is 1. The van der Waals surface area contributed by atoms with Gasteiger partial charge in [-0.3, -0.25) is 4.79 Å². The van der Waals surface area contributed by atoms with Gasteiger partial charge < -0.3 is 20.4 Å². The highest BCUT2D eigenvalue weighted by Crippen LogP contribution is 2.20. The molecule has 5 nitrogen and oxygen atoms in total. The maximum atomic E-state index is 12.2. The lowest BCUT2D eigenvalue weighted by Gasteiger charge is -2.23. The second kappa shape index (κ2) is 6.28. The van der Waals surface area contributed by atoms with Crippen LogP contribution in [0.2, 0.25) is 0 Å². The molecule has 0 aliphatic carbocycles. The lowest BCUT2D eigenvalue weighted by atomic mass is 10.1. The average Bonchev–Trinajstić information content (AvgIpc) is 2.86. The number of amides is 1. The minimum absolute atomic E-state index is 0.0474. The van der Waals surface area contributed by atoms with Gasteiger partial charge in [0.25, 0.3) is 0 Å². The highest BCUT2D eigenvalue weighted by Gasteiger charge is 2.17. The zero-order valence-corrected chi connectivity index (χ0v) is 12.0. The zero-order valence-electron chi connectivity index (χ0n) is 12.0. The van der Waals surface area contributed by atoms with Crippen molar-refractivity contribution in [2.75, 3.05) is 13.2 Å². The maximum Gasteiger partial charge on any atom is 0.240 e. The van der Waals surface area contributed by atoms with E-state index in [0.29, 0.717) is 13.1 Å². The quantitative estimate of drug-likeness (QED) is 0.893. The van der Waals surface area contributed by atoms with Crippen LogP contribution in [0.5, 0.6) is 0 Å². The summed E-state index contributed by atoms with van der Waals surface area (Å²) in [6.07, 6.45) is 3.77. The number of carbonyl (C=O) groups excluding carboxylic acids is 1. The molecule has 0 radical (unpaired) electrons. The number of ether oxygens (including phenoxy) is 1. The summed E-state index contributed by atoms with van der Waals surface area (Å²) in [4.78, 5) is 12.2. The summed E-state index contributed by atoms with van der Waals surface area (Å²) in [7, 11) is 0. The normalized spacial score (nSPS) is 16.2. The summed E-state index contributed by atoms with van der Waals surface area (Å²) in [6, 6.07) is 8.28. The SMILES string of the molecule is NCc1cn(CC(=O)NC2CCOCC2)c2ccccc12. The van der Waals surface area contributed by atoms with Gasteiger partial charge in [0.1, 0.15) is 6.54 Å². The molecule has 0 unspecified atom stereocenters. The van der Waals surface area contributed by atoms with E-state index in [1.807, 2.05) is 35.0 Å². The van der Waals surface area contributed by atoms with Crippen LogP contribution in [0.25, 0.3) is 10.9 Å². The number of nitrogens with one attached hydrogen (secondary N) is 1. The lowest BCUT2D eigenvalue weighted by Crippen LogP contribution is -2.40. The Balaban J connectivity index is 1.73. The van der Waals surface area contributed by atoms with E-state index in [4.69, 9.17) is 10.5 Å². The van der Waals surface area contributed by atoms with Crippen LogP contribution in [0, 0.1) is 0 Å². The number of fused-ring (bicyclic) bond motifs is 1. The van der Waals surface area contributed by atoms with E-state index in [9.17, 15) is 4.79 Å². The van der Waals surface area contributed by atoms with Crippen LogP contribution in [0.3, 0.4) is 0 Å². The first-order valence-corrected chi connectivity index (χ1v) is 7.42. The molecule has 1 aliphatic heterocycles. The van der Waals surface area contributed by atoms with Gasteiger partial charge in [-0.2, -0.15) is 0 Å². The number of rotatable bonds is 4. The molecule has 3 rings (SSSR count). The highest BCUT2D eigenvalue weighted by molar-refractivity contribution is 5.86. The second-order valence-corrected chi connectivity index (χ2v) is 5.46. The van der Waals surface area contributed by atoms with Crippen LogP contribution in [-0.4, -0.2) is 29.7 Å². The number of nitrogens with zero attached hydrogens (tertiary/aromatic N) is 1. The Morgan fingerprint density at radius 3 is 2.86 bits per heavy atom. The Morgan fingerprint density at radius 1 is 1.33 bits per heavy atom. The van der Waals surface area contributed by atoms with Crippen molar-refractivity contribution < 1.29 is 9.53 Å². The number of benzene rings is 1. The molecule has 1 fully saturated rings. The molecule has 0 bridgehead atoms. The van der Waals surface area contributed by atoms with E-state index in [1.165, 1.54) is 0 Å². The highest BCUT2D eigenvalue weighted by atomic mass is 16.5. The molecule has 112 valence electrons. The Bertz CT molecular complexity index is 629. The van der Waals surface area contributed by atoms with Crippen LogP contribution >= 0.6 is 0 Å². The van der Waals surface area contributed by atoms with Crippen molar-refractivity contribution in [2.24, 2.45) is 5.73 Å². The van der Waals surface area contributed by atoms with Crippen molar-refractivity contribution in [2.45, 2.75) is 32.0 Å². The molecule has 5 heteroatoms. The summed E-state index contributed by atoms with van der Waals surface area (Å²) in [5.41, 5.74) is 7.91. The minimum atomic E-state index is 0.0474. The zero-order chi connectivity index (χ0) is 14.7. The second-order valence-electron chi connectivity index (χ2n) is 5.46. The molecule has 0 spiro atoms. The van der Waals surface area contributed by atoms with Gasteiger partial charge in [-0.1, -0.05) is 18.2 Å². The number of hydrogen-bond acceptors (Lipinski definition) is 3. The molecule has 1 amide bonds. The van der Waals surface area contributed by atoms with Crippen molar-refractivity contribution in [3.05, 3.63) is 36.0 Å². The third-order valence-corrected chi connectivity index (χ3v) is 3.99. The van der Waals surface area contributed by atoms with Crippen LogP contribution in [-0.2, 0) is 22.6 Å². The van der Waals surface area contributed by atoms with E-state index in [1.54, 1.807) is 0 Å². The first kappa shape index (κ1) is 14.1. The van der Waals surface area contributed by atoms with E-state index in [0.717, 1.165) is 42.5 Å². The number of carbonyl (C=O) groups is 1. The predicted molar refractivity (Wildman–Crippen MR) is 81.8 cm³/mol. The summed E-state index contributed by atoms with van der Waals surface area (Å²) in [6.45, 7) is 2.27. The number of aromatic nitrogens is 1. The third-order valence-electron chi connectivity index (χ3n) is 3.99. The van der Waals surface area contributed by atoms with Gasteiger partial charge in [-0.05, 0) is 24.5 Å². The minimum Gasteiger partial charge on any atom is -0.381 e. The van der Waals surface area contributed by atoms with E-state index >= 15 is 0 Å². The average molecular weight is 287 g/mol. The predicted octanol–water partition coefficient (Wildman–Crippen LogP) is 1.40. The van der Waals surface area contributed by atoms with Gasteiger partial charge in [-0.25, -0.2) is 0 Å². The molecule has 2 heterocycles. The molecule has 1 saturated heterocycles. The summed E-state index contributed by atoms with van der Waals surface area (Å²) in [5, 5.41) is 4.21. The molecule has 0 atom stereocenters. The van der Waals surface area contributed by atoms with Gasteiger partial charge in [0, 0.05) is 42.9 Å². The fourth-order valence-electron chi connectivity index (χ4n) is 2.89. The van der Waals surface area contributed by atoms with E-state index in [-0.39, 0.29) is 11.9 Å². The monoisotopic (exact) mass is 287 g/mol. The Labute approximate surface area is 124 Å². The van der Waals surface area contributed by atoms with Gasteiger partial charge in [-0.15, -0.1) is 0 Å². The molecular weight excluding hydrogens is 266 g/mol. The molecular formula is C16H21N3O2. The largest absolute Gasteiger partial charge is 0.381 e. The number of hydrogen-bond donors (Lipinski definition) is 2. The lowest BCUT2D eigenvalue weighted by molar-refractivity contribution is -0.122. The van der Waals surface area contributed by atoms with Gasteiger partial charge in [0.2, 0.25) is 5.91 Å². The Hall–Kier alpha value is -1.85. The van der Waals surface area contributed by atoms with Gasteiger partial charge in [0.05, 0.1) is 0 Å². The first-order valence-electron chi connectivity index (χ1n) is 7.42. The maximum absolute atomic E-state index is 12.2. The van der Waals surface area contributed by atoms with Crippen LogP contribution in [0.1, 0.15) is 18.4 Å². The molecule has 21 heavy (non-hydrogen) atoms. The van der Waals surface area contributed by atoms with Crippen molar-refractivity contribution in [3.8, 4) is 0 Å². The van der Waals surface area contributed by atoms with Crippen molar-refractivity contribution in [3.63, 3.8) is 0 Å². The van der Waals surface area contributed by atoms with Gasteiger partial charge >= 0.3 is 0 Å². The van der Waals surface area contributed by atoms with Crippen LogP contribution in [0.15, 0.2) is 30.5 Å². The summed E-state index contributed by atoms with van der Waals surface area (Å²) in [5.74, 6) is 0.0474. The molecule has 1 aromatic carbocycles. The third kappa shape index (κ3) is 3.09. The van der Waals surface area contributed by atoms with Crippen molar-refractivity contribution >= 4 is 16.8 Å². The van der Waals surface area contributed by atoms with E-state index in [2.05, 4.69) is 5.32 Å².